The number of pyridine rings is 2. The van der Waals surface area contributed by atoms with Gasteiger partial charge in [0.1, 0.15) is 23.4 Å². The van der Waals surface area contributed by atoms with Crippen molar-refractivity contribution in [3.05, 3.63) is 95.7 Å². The number of fused-ring (bicyclic) bond motifs is 2. The number of aromatic nitrogens is 6. The number of aldehydes is 1. The van der Waals surface area contributed by atoms with Gasteiger partial charge in [0.2, 0.25) is 5.91 Å². The summed E-state index contributed by atoms with van der Waals surface area (Å²) in [6, 6.07) is 13.5. The molecule has 43 heavy (non-hydrogen) atoms. The van der Waals surface area contributed by atoms with Crippen LogP contribution >= 0.6 is 0 Å². The summed E-state index contributed by atoms with van der Waals surface area (Å²) >= 11 is 0. The molecule has 0 bridgehead atoms. The number of aliphatic hydroxyl groups is 1. The van der Waals surface area contributed by atoms with Gasteiger partial charge in [-0.15, -0.1) is 0 Å². The number of nitrogen functional groups attached to an aromatic ring is 1. The molecule has 5 N–H and O–H groups in total. The van der Waals surface area contributed by atoms with Crippen LogP contribution in [0.25, 0.3) is 39.5 Å². The molecule has 5 aromatic rings. The fourth-order valence-electron chi connectivity index (χ4n) is 5.86. The zero-order valence-corrected chi connectivity index (χ0v) is 23.3. The molecule has 4 aromatic heterocycles. The molecule has 1 unspecified atom stereocenters. The van der Waals surface area contributed by atoms with Crippen LogP contribution in [-0.4, -0.2) is 47.0 Å². The summed E-state index contributed by atoms with van der Waals surface area (Å²) in [4.78, 5) is 38.9. The number of rotatable bonds is 6. The van der Waals surface area contributed by atoms with Crippen molar-refractivity contribution in [1.82, 2.24) is 35.0 Å². The molecule has 0 aliphatic heterocycles. The molecule has 1 amide bonds. The Morgan fingerprint density at radius 3 is 2.88 bits per heavy atom. The van der Waals surface area contributed by atoms with Crippen molar-refractivity contribution >= 4 is 29.2 Å². The van der Waals surface area contributed by atoms with Crippen LogP contribution in [0.1, 0.15) is 36.9 Å². The summed E-state index contributed by atoms with van der Waals surface area (Å²) in [6.07, 6.45) is 10.5. The van der Waals surface area contributed by atoms with Crippen molar-refractivity contribution in [3.63, 3.8) is 0 Å². The fourth-order valence-corrected chi connectivity index (χ4v) is 5.86. The number of carbonyl (C=O) groups is 2. The largest absolute Gasteiger partial charge is 0.511 e. The van der Waals surface area contributed by atoms with Gasteiger partial charge >= 0.3 is 0 Å². The van der Waals surface area contributed by atoms with E-state index in [0.717, 1.165) is 40.9 Å². The first-order valence-electron chi connectivity index (χ1n) is 13.9. The number of nitrogens with zero attached hydrogens (tertiary/aromatic N) is 5. The molecular weight excluding hydrogens is 544 g/mol. The van der Waals surface area contributed by atoms with Gasteiger partial charge in [-0.25, -0.2) is 15.0 Å². The van der Waals surface area contributed by atoms with Crippen molar-refractivity contribution < 1.29 is 14.7 Å². The van der Waals surface area contributed by atoms with E-state index in [-0.39, 0.29) is 24.1 Å². The number of aromatic amines is 1. The van der Waals surface area contributed by atoms with Crippen molar-refractivity contribution in [3.8, 4) is 28.3 Å². The number of hydrogen-bond donors (Lipinski definition) is 4. The van der Waals surface area contributed by atoms with Gasteiger partial charge in [-0.3, -0.25) is 14.5 Å². The van der Waals surface area contributed by atoms with Crippen LogP contribution in [0.15, 0.2) is 84.5 Å². The molecular formula is C32H28N8O3. The molecule has 7 rings (SSSR count). The van der Waals surface area contributed by atoms with Crippen LogP contribution in [0.4, 0.5) is 5.82 Å². The third kappa shape index (κ3) is 4.45. The van der Waals surface area contributed by atoms with E-state index in [9.17, 15) is 14.7 Å². The van der Waals surface area contributed by atoms with Gasteiger partial charge in [0.15, 0.2) is 11.5 Å². The van der Waals surface area contributed by atoms with E-state index in [1.54, 1.807) is 31.6 Å². The second-order valence-corrected chi connectivity index (χ2v) is 11.1. The van der Waals surface area contributed by atoms with Crippen LogP contribution in [0.2, 0.25) is 0 Å². The lowest BCUT2D eigenvalue weighted by Crippen LogP contribution is -2.33. The number of carbonyl (C=O) groups excluding carboxylic acids is 2. The quantitative estimate of drug-likeness (QED) is 0.215. The van der Waals surface area contributed by atoms with Gasteiger partial charge in [-0.05, 0) is 79.8 Å². The fraction of sp³-hybridized carbons (Fsp3) is 0.188. The Hall–Kier alpha value is -5.58. The maximum absolute atomic E-state index is 13.2. The Kier molecular flexibility index (Phi) is 6.15. The number of nitrogens with one attached hydrogen (secondary N) is 2. The summed E-state index contributed by atoms with van der Waals surface area (Å²) in [5, 5.41) is 20.1. The molecule has 11 heteroatoms. The minimum atomic E-state index is -1.10. The number of aliphatic hydroxyl groups excluding tert-OH is 1. The van der Waals surface area contributed by atoms with Gasteiger partial charge in [0.25, 0.3) is 0 Å². The Morgan fingerprint density at radius 2 is 2.09 bits per heavy atom. The minimum Gasteiger partial charge on any atom is -0.511 e. The number of nitrogens with two attached hydrogens (primary N) is 1. The lowest BCUT2D eigenvalue weighted by molar-refractivity contribution is -0.119. The number of imidazole rings is 1. The summed E-state index contributed by atoms with van der Waals surface area (Å²) in [5.74, 6) is 0.705. The molecule has 4 heterocycles. The number of aryl methyl sites for hydroxylation is 1. The first kappa shape index (κ1) is 26.3. The Bertz CT molecular complexity index is 1970. The van der Waals surface area contributed by atoms with Crippen LogP contribution < -0.4 is 11.1 Å². The number of H-pyrrole nitrogens is 1. The van der Waals surface area contributed by atoms with Crippen LogP contribution in [-0.2, 0) is 16.0 Å². The maximum Gasteiger partial charge on any atom is 0.247 e. The van der Waals surface area contributed by atoms with E-state index >= 15 is 0 Å². The number of anilines is 1. The lowest BCUT2D eigenvalue weighted by Gasteiger charge is -2.27. The minimum absolute atomic E-state index is 0.0383. The summed E-state index contributed by atoms with van der Waals surface area (Å²) in [7, 11) is 0. The van der Waals surface area contributed by atoms with Crippen LogP contribution in [0, 0.1) is 5.41 Å². The molecule has 214 valence electrons. The number of allylic oxidation sites excluding steroid dienone is 3. The average molecular weight is 573 g/mol. The zero-order chi connectivity index (χ0) is 29.7. The van der Waals surface area contributed by atoms with E-state index in [4.69, 9.17) is 15.7 Å². The SMILES string of the molecule is CC1(C=O)CC(C(=O)N[C@H]2CCc3cc(-n4c(-c5cccnc5N)nc5ccc(-c6cn[nH]c6)nc54)ccc32)=CC=C1O. The predicted octanol–water partition coefficient (Wildman–Crippen LogP) is 4.54. The standard InChI is InChI=1S/C32H28N8O3/c1-32(17-41)14-19(5-11-27(32)42)31(43)39-25-8-4-18-13-21(6-7-22(18)25)40-29(23-3-2-12-34-28(23)33)38-26-10-9-24(37-30(26)40)20-15-35-36-16-20/h2-3,5-7,9-13,15-17,25,42H,4,8,14H2,1H3,(H2,33,34)(H,35,36)(H,39,43)/t25-,32?/m0/s1. The van der Waals surface area contributed by atoms with Gasteiger partial charge in [0, 0.05) is 29.2 Å². The Balaban J connectivity index is 1.26. The van der Waals surface area contributed by atoms with Crippen molar-refractivity contribution in [1.29, 1.82) is 0 Å². The van der Waals surface area contributed by atoms with E-state index in [2.05, 4.69) is 26.6 Å². The molecule has 0 saturated carbocycles. The molecule has 2 atom stereocenters. The Labute approximate surface area is 246 Å². The van der Waals surface area contributed by atoms with Gasteiger partial charge < -0.3 is 21.0 Å². The highest BCUT2D eigenvalue weighted by atomic mass is 16.3. The third-order valence-electron chi connectivity index (χ3n) is 8.28. The number of benzene rings is 1. The molecule has 0 saturated heterocycles. The molecule has 2 aliphatic rings. The van der Waals surface area contributed by atoms with E-state index in [0.29, 0.717) is 40.2 Å². The first-order valence-corrected chi connectivity index (χ1v) is 13.9. The maximum atomic E-state index is 13.2. The monoisotopic (exact) mass is 572 g/mol. The number of hydrogen-bond acceptors (Lipinski definition) is 8. The molecule has 11 nitrogen and oxygen atoms in total. The molecule has 2 aliphatic carbocycles. The second-order valence-electron chi connectivity index (χ2n) is 11.1. The molecule has 0 spiro atoms. The Morgan fingerprint density at radius 1 is 1.21 bits per heavy atom. The highest BCUT2D eigenvalue weighted by Gasteiger charge is 2.35. The summed E-state index contributed by atoms with van der Waals surface area (Å²) < 4.78 is 1.99. The smallest absolute Gasteiger partial charge is 0.247 e. The first-order chi connectivity index (χ1) is 20.8. The van der Waals surface area contributed by atoms with E-state index in [1.165, 1.54) is 6.08 Å². The van der Waals surface area contributed by atoms with Crippen molar-refractivity contribution in [2.75, 3.05) is 5.73 Å². The topological polar surface area (TPSA) is 165 Å². The van der Waals surface area contributed by atoms with Gasteiger partial charge in [0.05, 0.1) is 28.9 Å². The molecule has 0 radical (unpaired) electrons. The van der Waals surface area contributed by atoms with Gasteiger partial charge in [-0.2, -0.15) is 5.10 Å². The number of amides is 1. The predicted molar refractivity (Wildman–Crippen MR) is 161 cm³/mol. The average Bonchev–Trinajstić information content (AvgIpc) is 3.77. The normalized spacial score (nSPS) is 19.5. The zero-order valence-electron chi connectivity index (χ0n) is 23.3. The summed E-state index contributed by atoms with van der Waals surface area (Å²) in [6.45, 7) is 1.62. The van der Waals surface area contributed by atoms with Crippen LogP contribution in [0.5, 0.6) is 0 Å². The van der Waals surface area contributed by atoms with Crippen molar-refractivity contribution in [2.45, 2.75) is 32.2 Å². The highest BCUT2D eigenvalue weighted by molar-refractivity contribution is 5.95. The summed E-state index contributed by atoms with van der Waals surface area (Å²) in [5.41, 5.74) is 12.3. The van der Waals surface area contributed by atoms with E-state index < -0.39 is 5.41 Å². The highest BCUT2D eigenvalue weighted by Crippen LogP contribution is 2.38. The molecule has 1 aromatic carbocycles. The third-order valence-corrected chi connectivity index (χ3v) is 8.28. The lowest BCUT2D eigenvalue weighted by atomic mass is 9.79. The van der Waals surface area contributed by atoms with Gasteiger partial charge in [-0.1, -0.05) is 12.1 Å². The van der Waals surface area contributed by atoms with Crippen molar-refractivity contribution in [2.24, 2.45) is 5.41 Å². The second kappa shape index (κ2) is 10.1. The molecule has 0 fully saturated rings. The van der Waals surface area contributed by atoms with Crippen LogP contribution in [0.3, 0.4) is 0 Å². The van der Waals surface area contributed by atoms with E-state index in [1.807, 2.05) is 41.0 Å².